The first kappa shape index (κ1) is 7.17. The Morgan fingerprint density at radius 2 is 1.44 bits per heavy atom. The molecule has 0 aliphatic carbocycles. The van der Waals surface area contributed by atoms with Gasteiger partial charge in [-0.25, -0.2) is 4.98 Å². The third kappa shape index (κ3) is 3.08. The van der Waals surface area contributed by atoms with Crippen molar-refractivity contribution in [1.82, 2.24) is 4.98 Å². The van der Waals surface area contributed by atoms with Crippen LogP contribution < -0.4 is 0 Å². The summed E-state index contributed by atoms with van der Waals surface area (Å²) in [6, 6.07) is -6.68. The summed E-state index contributed by atoms with van der Waals surface area (Å²) in [7, 11) is 0. The molecule has 0 fully saturated rings. The van der Waals surface area contributed by atoms with E-state index in [0.29, 0.717) is 0 Å². The van der Waals surface area contributed by atoms with Crippen LogP contribution in [-0.4, -0.2) is 4.98 Å². The van der Waals surface area contributed by atoms with E-state index in [-0.39, 0.29) is 40.4 Å². The van der Waals surface area contributed by atoms with Crippen LogP contribution in [0.5, 0.6) is 0 Å². The number of nitrogens with zero attached hydrogens (tertiary/aromatic N) is 1. The van der Waals surface area contributed by atoms with Crippen LogP contribution >= 0.6 is 0 Å². The molecule has 0 aliphatic heterocycles. The van der Waals surface area contributed by atoms with E-state index in [1.54, 1.807) is 20.8 Å². The molecule has 0 spiro atoms. The third-order valence-electron chi connectivity index (χ3n) is 3.51. The summed E-state index contributed by atoms with van der Waals surface area (Å²) < 4.78 is 105. The predicted molar refractivity (Wildman–Crippen MR) is 104 cm³/mol. The summed E-state index contributed by atoms with van der Waals surface area (Å²) >= 11 is 0. The first-order valence-electron chi connectivity index (χ1n) is 13.6. The second-order valence-corrected chi connectivity index (χ2v) is 6.45. The number of hydrogen-bond donors (Lipinski definition) is 0. The van der Waals surface area contributed by atoms with Crippen molar-refractivity contribution in [2.24, 2.45) is 0 Å². The molecule has 4 aromatic rings. The van der Waals surface area contributed by atoms with E-state index >= 15 is 0 Å². The third-order valence-corrected chi connectivity index (χ3v) is 3.51. The fourth-order valence-electron chi connectivity index (χ4n) is 2.16. The van der Waals surface area contributed by atoms with Gasteiger partial charge in [0.25, 0.3) is 0 Å². The van der Waals surface area contributed by atoms with E-state index in [1.807, 2.05) is 0 Å². The molecule has 0 radical (unpaired) electrons. The Morgan fingerprint density at radius 1 is 0.800 bits per heavy atom. The molecule has 3 aromatic carbocycles. The van der Waals surface area contributed by atoms with Gasteiger partial charge in [0.05, 0.1) is 16.4 Å². The molecule has 124 valence electrons. The van der Waals surface area contributed by atoms with Gasteiger partial charge < -0.3 is 4.42 Å². The Bertz CT molecular complexity index is 1580. The molecule has 2 heteroatoms. The van der Waals surface area contributed by atoms with Gasteiger partial charge in [-0.05, 0) is 46.3 Å². The minimum atomic E-state index is -0.678. The van der Waals surface area contributed by atoms with Crippen molar-refractivity contribution in [3.8, 4) is 22.6 Å². The van der Waals surface area contributed by atoms with Crippen LogP contribution in [0.1, 0.15) is 42.8 Å². The number of hydrogen-bond acceptors (Lipinski definition) is 2. The lowest BCUT2D eigenvalue weighted by Crippen LogP contribution is -2.10. The van der Waals surface area contributed by atoms with Crippen LogP contribution in [0.2, 0.25) is 0 Å². The van der Waals surface area contributed by atoms with Crippen LogP contribution in [0.15, 0.2) is 76.9 Å². The lowest BCUT2D eigenvalue weighted by molar-refractivity contribution is 0.584. The smallest absolute Gasteiger partial charge is 0.227 e. The largest absolute Gasteiger partial charge is 0.436 e. The second-order valence-electron chi connectivity index (χ2n) is 6.45. The van der Waals surface area contributed by atoms with Crippen molar-refractivity contribution in [2.45, 2.75) is 26.2 Å². The van der Waals surface area contributed by atoms with Crippen molar-refractivity contribution in [3.05, 3.63) is 78.1 Å². The fraction of sp³-hybridized carbons (Fsp3) is 0.174. The molecule has 0 bridgehead atoms. The lowest BCUT2D eigenvalue weighted by Gasteiger charge is -2.18. The lowest BCUT2D eigenvalue weighted by atomic mass is 9.87. The zero-order chi connectivity index (χ0) is 27.9. The second kappa shape index (κ2) is 5.89. The average Bonchev–Trinajstić information content (AvgIpc) is 3.26. The minimum absolute atomic E-state index is 0.132. The van der Waals surface area contributed by atoms with E-state index in [1.165, 1.54) is 0 Å². The van der Waals surface area contributed by atoms with Crippen LogP contribution in [0.25, 0.3) is 33.7 Å². The van der Waals surface area contributed by atoms with Crippen LogP contribution in [0.4, 0.5) is 0 Å². The van der Waals surface area contributed by atoms with Gasteiger partial charge in [0.15, 0.2) is 5.58 Å². The normalized spacial score (nSPS) is 18.5. The highest BCUT2D eigenvalue weighted by atomic mass is 16.3. The van der Waals surface area contributed by atoms with Gasteiger partial charge in [-0.3, -0.25) is 0 Å². The molecule has 1 heterocycles. The zero-order valence-electron chi connectivity index (χ0n) is 25.9. The van der Waals surface area contributed by atoms with Gasteiger partial charge >= 0.3 is 0 Å². The van der Waals surface area contributed by atoms with Crippen LogP contribution in [0.3, 0.4) is 0 Å². The highest BCUT2D eigenvalue weighted by molar-refractivity contribution is 5.77. The molecule has 0 saturated heterocycles. The SMILES string of the molecule is [2H]c1c([2H])c([2H])c(-c2c([2H])c([2H])c(-c3nc4c([2H])c([2H])c(C(C)(C)C)c([2H])c4o3)c([2H])c2[2H])c([2H])c1[2H]. The molecule has 0 saturated carbocycles. The van der Waals surface area contributed by atoms with Crippen molar-refractivity contribution in [1.29, 1.82) is 0 Å². The Kier molecular flexibility index (Phi) is 1.69. The molecule has 0 unspecified atom stereocenters. The van der Waals surface area contributed by atoms with E-state index in [4.69, 9.17) is 20.9 Å². The van der Waals surface area contributed by atoms with Crippen LogP contribution in [0, 0.1) is 0 Å². The Morgan fingerprint density at radius 3 is 2.12 bits per heavy atom. The molecule has 0 amide bonds. The Labute approximate surface area is 165 Å². The first-order chi connectivity index (χ1) is 17.0. The fourth-order valence-corrected chi connectivity index (χ4v) is 2.16. The standard InChI is InChI=1S/C23H21NO/c1-23(2,3)19-13-14-20-21(15-19)25-22(24-20)18-11-9-17(10-12-18)16-7-5-4-6-8-16/h4-15H,1-3H3/i4D,5D,6D,7D,8D,9D,10D,11D,12D,13D,14D,15D. The summed E-state index contributed by atoms with van der Waals surface area (Å²) in [5.74, 6) is -0.396. The first-order valence-corrected chi connectivity index (χ1v) is 7.61. The van der Waals surface area contributed by atoms with Crippen molar-refractivity contribution in [3.63, 3.8) is 0 Å². The molecule has 0 N–H and O–H groups in total. The van der Waals surface area contributed by atoms with E-state index in [0.717, 1.165) is 0 Å². The summed E-state index contributed by atoms with van der Waals surface area (Å²) in [5.41, 5.74) is -2.01. The number of rotatable bonds is 2. The van der Waals surface area contributed by atoms with Gasteiger partial charge in [0.1, 0.15) is 5.52 Å². The molecule has 0 aliphatic rings. The number of fused-ring (bicyclic) bond motifs is 1. The van der Waals surface area contributed by atoms with E-state index < -0.39 is 76.8 Å². The molecule has 0 atom stereocenters. The minimum Gasteiger partial charge on any atom is -0.436 e. The monoisotopic (exact) mass is 339 g/mol. The summed E-state index contributed by atoms with van der Waals surface area (Å²) in [4.78, 5) is 4.15. The van der Waals surface area contributed by atoms with Crippen molar-refractivity contribution < 1.29 is 20.9 Å². The molecule has 2 nitrogen and oxygen atoms in total. The molecule has 1 aromatic heterocycles. The highest BCUT2D eigenvalue weighted by Gasteiger charge is 2.16. The van der Waals surface area contributed by atoms with Gasteiger partial charge in [0, 0.05) is 5.56 Å². The maximum Gasteiger partial charge on any atom is 0.227 e. The van der Waals surface area contributed by atoms with Gasteiger partial charge in [-0.2, -0.15) is 0 Å². The topological polar surface area (TPSA) is 26.0 Å². The van der Waals surface area contributed by atoms with E-state index in [9.17, 15) is 0 Å². The quantitative estimate of drug-likeness (QED) is 0.419. The maximum atomic E-state index is 8.55. The molecule has 4 rings (SSSR count). The average molecular weight is 340 g/mol. The van der Waals surface area contributed by atoms with Gasteiger partial charge in [-0.15, -0.1) is 0 Å². The highest BCUT2D eigenvalue weighted by Crippen LogP contribution is 2.30. The summed E-state index contributed by atoms with van der Waals surface area (Å²) in [6.07, 6.45) is 0. The number of aromatic nitrogens is 1. The number of benzene rings is 3. The van der Waals surface area contributed by atoms with Gasteiger partial charge in [-0.1, -0.05) is 69.1 Å². The maximum absolute atomic E-state index is 8.55. The molecule has 25 heavy (non-hydrogen) atoms. The van der Waals surface area contributed by atoms with Gasteiger partial charge in [0.2, 0.25) is 5.89 Å². The summed E-state index contributed by atoms with van der Waals surface area (Å²) in [6.45, 7) is 5.34. The zero-order valence-corrected chi connectivity index (χ0v) is 13.9. The van der Waals surface area contributed by atoms with Crippen LogP contribution in [-0.2, 0) is 5.41 Å². The summed E-state index contributed by atoms with van der Waals surface area (Å²) in [5, 5.41) is 0. The van der Waals surface area contributed by atoms with Crippen molar-refractivity contribution in [2.75, 3.05) is 0 Å². The van der Waals surface area contributed by atoms with E-state index in [2.05, 4.69) is 4.98 Å². The number of oxazole rings is 1. The predicted octanol–water partition coefficient (Wildman–Crippen LogP) is 6.46. The Hall–Kier alpha value is -2.87. The molecular formula is C23H21NO. The molecular weight excluding hydrogens is 306 g/mol. The van der Waals surface area contributed by atoms with Crippen molar-refractivity contribution >= 4 is 11.1 Å². The Balaban J connectivity index is 2.06.